The van der Waals surface area contributed by atoms with Gasteiger partial charge in [-0.1, -0.05) is 0 Å². The summed E-state index contributed by atoms with van der Waals surface area (Å²) in [6, 6.07) is -0.158. The number of aliphatic imine (C=N–C) groups is 1. The van der Waals surface area contributed by atoms with Crippen molar-refractivity contribution in [2.24, 2.45) is 4.99 Å². The second-order valence-corrected chi connectivity index (χ2v) is 2.76. The molecule has 68 valence electrons. The lowest BCUT2D eigenvalue weighted by atomic mass is 10.3. The van der Waals surface area contributed by atoms with E-state index in [2.05, 4.69) is 22.9 Å². The Morgan fingerprint density at radius 1 is 1.83 bits per heavy atom. The molecule has 1 amide bonds. The Balaban J connectivity index is 2.61. The summed E-state index contributed by atoms with van der Waals surface area (Å²) in [4.78, 5) is 14.9. The maximum atomic E-state index is 10.9. The van der Waals surface area contributed by atoms with E-state index in [0.717, 1.165) is 0 Å². The molecule has 1 rings (SSSR count). The maximum Gasteiger partial charge on any atom is 0.242 e. The van der Waals surface area contributed by atoms with Gasteiger partial charge in [0, 0.05) is 5.75 Å². The minimum atomic E-state index is -0.158. The molecule has 0 bridgehead atoms. The number of hydrogen-bond acceptors (Lipinski definition) is 4. The molecule has 0 saturated carbocycles. The number of rotatable bonds is 2. The highest BCUT2D eigenvalue weighted by molar-refractivity contribution is 7.80. The zero-order chi connectivity index (χ0) is 8.97. The first-order valence-corrected chi connectivity index (χ1v) is 4.48. The van der Waals surface area contributed by atoms with Crippen molar-refractivity contribution in [1.82, 2.24) is 5.32 Å². The largest absolute Gasteiger partial charge is 0.480 e. The fourth-order valence-electron chi connectivity index (χ4n) is 0.979. The van der Waals surface area contributed by atoms with Crippen LogP contribution in [0.25, 0.3) is 0 Å². The molecule has 4 nitrogen and oxygen atoms in total. The van der Waals surface area contributed by atoms with Gasteiger partial charge in [-0.25, -0.2) is 4.99 Å². The Morgan fingerprint density at radius 2 is 2.58 bits per heavy atom. The van der Waals surface area contributed by atoms with E-state index in [1.807, 2.05) is 6.92 Å². The van der Waals surface area contributed by atoms with Crippen LogP contribution in [0, 0.1) is 0 Å². The summed E-state index contributed by atoms with van der Waals surface area (Å²) >= 11 is 4.08. The van der Waals surface area contributed by atoms with E-state index in [4.69, 9.17) is 4.74 Å². The molecule has 0 aromatic rings. The number of ether oxygens (including phenoxy) is 1. The van der Waals surface area contributed by atoms with Gasteiger partial charge in [0.05, 0.1) is 6.61 Å². The molecule has 0 aliphatic carbocycles. The van der Waals surface area contributed by atoms with Gasteiger partial charge in [-0.05, 0) is 6.92 Å². The normalized spacial score (nSPS) is 23.0. The SMILES string of the molecule is CCOC1=NCC(=O)N[C@H]1CS. The van der Waals surface area contributed by atoms with Crippen LogP contribution in [0.5, 0.6) is 0 Å². The van der Waals surface area contributed by atoms with E-state index in [-0.39, 0.29) is 18.5 Å². The van der Waals surface area contributed by atoms with Gasteiger partial charge in [0.2, 0.25) is 11.8 Å². The molecule has 0 saturated heterocycles. The van der Waals surface area contributed by atoms with Gasteiger partial charge in [0.25, 0.3) is 0 Å². The van der Waals surface area contributed by atoms with Gasteiger partial charge >= 0.3 is 0 Å². The smallest absolute Gasteiger partial charge is 0.242 e. The topological polar surface area (TPSA) is 50.7 Å². The number of hydrogen-bond donors (Lipinski definition) is 2. The van der Waals surface area contributed by atoms with Crippen LogP contribution < -0.4 is 5.32 Å². The summed E-state index contributed by atoms with van der Waals surface area (Å²) in [6.45, 7) is 2.62. The summed E-state index contributed by atoms with van der Waals surface area (Å²) in [5, 5.41) is 2.73. The molecule has 0 aromatic carbocycles. The fraction of sp³-hybridized carbons (Fsp3) is 0.714. The highest BCUT2D eigenvalue weighted by atomic mass is 32.1. The van der Waals surface area contributed by atoms with Crippen LogP contribution in [0.15, 0.2) is 4.99 Å². The monoisotopic (exact) mass is 188 g/mol. The Kier molecular flexibility index (Phi) is 3.40. The summed E-state index contributed by atoms with van der Waals surface area (Å²) in [5.74, 6) is 1.04. The second kappa shape index (κ2) is 4.35. The van der Waals surface area contributed by atoms with Gasteiger partial charge < -0.3 is 10.1 Å². The molecule has 0 unspecified atom stereocenters. The standard InChI is InChI=1S/C7H12N2O2S/c1-2-11-7-5(4-12)9-6(10)3-8-7/h5,12H,2-4H2,1H3,(H,9,10)/t5-/m0/s1. The molecule has 0 aromatic heterocycles. The lowest BCUT2D eigenvalue weighted by Crippen LogP contribution is -2.48. The molecule has 0 spiro atoms. The van der Waals surface area contributed by atoms with Crippen molar-refractivity contribution >= 4 is 24.4 Å². The van der Waals surface area contributed by atoms with Crippen LogP contribution in [0.3, 0.4) is 0 Å². The Morgan fingerprint density at radius 3 is 3.17 bits per heavy atom. The third-order valence-electron chi connectivity index (χ3n) is 1.49. The number of thiol groups is 1. The van der Waals surface area contributed by atoms with Crippen molar-refractivity contribution in [1.29, 1.82) is 0 Å². The minimum Gasteiger partial charge on any atom is -0.480 e. The first kappa shape index (κ1) is 9.38. The molecule has 1 aliphatic heterocycles. The van der Waals surface area contributed by atoms with Crippen LogP contribution in [0.1, 0.15) is 6.92 Å². The average molecular weight is 188 g/mol. The molecule has 5 heteroatoms. The minimum absolute atomic E-state index is 0.0718. The number of amides is 1. The third-order valence-corrected chi connectivity index (χ3v) is 1.85. The Labute approximate surface area is 76.8 Å². The molecule has 1 atom stereocenters. The van der Waals surface area contributed by atoms with E-state index in [1.54, 1.807) is 0 Å². The van der Waals surface area contributed by atoms with Crippen LogP contribution in [-0.4, -0.2) is 36.8 Å². The summed E-state index contributed by atoms with van der Waals surface area (Å²) in [7, 11) is 0. The molecule has 0 radical (unpaired) electrons. The van der Waals surface area contributed by atoms with E-state index >= 15 is 0 Å². The lowest BCUT2D eigenvalue weighted by Gasteiger charge is -2.22. The predicted octanol–water partition coefficient (Wildman–Crippen LogP) is -0.150. The quantitative estimate of drug-likeness (QED) is 0.592. The van der Waals surface area contributed by atoms with Gasteiger partial charge in [-0.15, -0.1) is 0 Å². The van der Waals surface area contributed by atoms with E-state index in [9.17, 15) is 4.79 Å². The highest BCUT2D eigenvalue weighted by Crippen LogP contribution is 2.00. The molecule has 0 fully saturated rings. The van der Waals surface area contributed by atoms with Crippen LogP contribution in [0.4, 0.5) is 0 Å². The van der Waals surface area contributed by atoms with Gasteiger partial charge in [-0.2, -0.15) is 12.6 Å². The van der Waals surface area contributed by atoms with Crippen molar-refractivity contribution in [3.63, 3.8) is 0 Å². The van der Waals surface area contributed by atoms with Gasteiger partial charge in [-0.3, -0.25) is 4.79 Å². The van der Waals surface area contributed by atoms with Gasteiger partial charge in [0.1, 0.15) is 12.6 Å². The van der Waals surface area contributed by atoms with Crippen LogP contribution in [-0.2, 0) is 9.53 Å². The van der Waals surface area contributed by atoms with E-state index in [0.29, 0.717) is 18.3 Å². The van der Waals surface area contributed by atoms with Crippen molar-refractivity contribution in [2.75, 3.05) is 18.9 Å². The van der Waals surface area contributed by atoms with Crippen LogP contribution in [0.2, 0.25) is 0 Å². The van der Waals surface area contributed by atoms with E-state index < -0.39 is 0 Å². The molecule has 1 heterocycles. The third kappa shape index (κ3) is 2.14. The second-order valence-electron chi connectivity index (χ2n) is 2.39. The molecular weight excluding hydrogens is 176 g/mol. The number of nitrogens with zero attached hydrogens (tertiary/aromatic N) is 1. The van der Waals surface area contributed by atoms with Crippen molar-refractivity contribution < 1.29 is 9.53 Å². The maximum absolute atomic E-state index is 10.9. The molecule has 1 aliphatic rings. The lowest BCUT2D eigenvalue weighted by molar-refractivity contribution is -0.120. The summed E-state index contributed by atoms with van der Waals surface area (Å²) in [6.07, 6.45) is 0. The zero-order valence-electron chi connectivity index (χ0n) is 6.91. The number of carbonyl (C=O) groups excluding carboxylic acids is 1. The molecule has 12 heavy (non-hydrogen) atoms. The number of carbonyl (C=O) groups is 1. The molecule has 1 N–H and O–H groups in total. The summed E-state index contributed by atoms with van der Waals surface area (Å²) in [5.41, 5.74) is 0. The first-order valence-electron chi connectivity index (χ1n) is 3.85. The Hall–Kier alpha value is -0.710. The molecular formula is C7H12N2O2S. The van der Waals surface area contributed by atoms with Crippen molar-refractivity contribution in [3.05, 3.63) is 0 Å². The van der Waals surface area contributed by atoms with Crippen LogP contribution >= 0.6 is 12.6 Å². The van der Waals surface area contributed by atoms with Crippen molar-refractivity contribution in [2.45, 2.75) is 13.0 Å². The van der Waals surface area contributed by atoms with E-state index in [1.165, 1.54) is 0 Å². The van der Waals surface area contributed by atoms with Gasteiger partial charge in [0.15, 0.2) is 0 Å². The number of nitrogens with one attached hydrogen (secondary N) is 1. The fourth-order valence-corrected chi connectivity index (χ4v) is 1.23. The zero-order valence-corrected chi connectivity index (χ0v) is 7.80. The first-order chi connectivity index (χ1) is 5.77. The Bertz CT molecular complexity index is 206. The highest BCUT2D eigenvalue weighted by Gasteiger charge is 2.22. The predicted molar refractivity (Wildman–Crippen MR) is 49.7 cm³/mol. The average Bonchev–Trinajstić information content (AvgIpc) is 2.08. The van der Waals surface area contributed by atoms with Crippen molar-refractivity contribution in [3.8, 4) is 0 Å². The summed E-state index contributed by atoms with van der Waals surface area (Å²) < 4.78 is 5.22.